The summed E-state index contributed by atoms with van der Waals surface area (Å²) >= 11 is 5.68. The molecule has 0 aliphatic carbocycles. The third kappa shape index (κ3) is 6.43. The Kier molecular flexibility index (Phi) is 7.52. The van der Waals surface area contributed by atoms with Gasteiger partial charge in [0, 0.05) is 24.0 Å². The molecule has 140 valence electrons. The topological polar surface area (TPSA) is 108 Å². The number of aliphatic hydroxyl groups excluding tert-OH is 1. The second-order valence-corrected chi connectivity index (χ2v) is 5.60. The van der Waals surface area contributed by atoms with E-state index in [0.29, 0.717) is 30.4 Å². The van der Waals surface area contributed by atoms with E-state index >= 15 is 0 Å². The molecule has 0 atom stereocenters. The molecule has 1 heterocycles. The molecule has 1 aromatic heterocycles. The number of nitrogens with one attached hydrogen (secondary N) is 3. The molecule has 0 fully saturated rings. The molecule has 0 saturated heterocycles. The first-order chi connectivity index (χ1) is 12.5. The van der Waals surface area contributed by atoms with Gasteiger partial charge >= 0.3 is 6.03 Å². The van der Waals surface area contributed by atoms with Crippen LogP contribution in [-0.2, 0) is 4.74 Å². The van der Waals surface area contributed by atoms with Gasteiger partial charge in [0.2, 0.25) is 5.95 Å². The molecule has 0 radical (unpaired) electrons. The molecule has 0 saturated carbocycles. The van der Waals surface area contributed by atoms with Gasteiger partial charge in [0.15, 0.2) is 0 Å². The monoisotopic (exact) mass is 383 g/mol. The van der Waals surface area contributed by atoms with Crippen LogP contribution in [0.1, 0.15) is 5.69 Å². The number of urea groups is 1. The number of aliphatic hydroxyl groups is 1. The zero-order valence-electron chi connectivity index (χ0n) is 14.1. The molecule has 2 aromatic rings. The lowest BCUT2D eigenvalue weighted by Crippen LogP contribution is -2.21. The van der Waals surface area contributed by atoms with E-state index < -0.39 is 11.8 Å². The maximum absolute atomic E-state index is 13.1. The Hall–Kier alpha value is -2.49. The maximum Gasteiger partial charge on any atom is 0.326 e. The van der Waals surface area contributed by atoms with Crippen molar-refractivity contribution in [1.82, 2.24) is 9.97 Å². The molecular formula is C16H19ClFN5O3. The summed E-state index contributed by atoms with van der Waals surface area (Å²) < 4.78 is 18.3. The van der Waals surface area contributed by atoms with Gasteiger partial charge in [0.05, 0.1) is 24.8 Å². The number of carbonyl (C=O) groups is 1. The summed E-state index contributed by atoms with van der Waals surface area (Å²) in [6.07, 6.45) is 0. The Morgan fingerprint density at radius 3 is 2.81 bits per heavy atom. The molecule has 4 N–H and O–H groups in total. The quantitative estimate of drug-likeness (QED) is 0.522. The number of hydrogen-bond acceptors (Lipinski definition) is 6. The summed E-state index contributed by atoms with van der Waals surface area (Å²) in [5, 5.41) is 16.6. The molecule has 1 aromatic carbocycles. The van der Waals surface area contributed by atoms with Gasteiger partial charge in [-0.1, -0.05) is 11.6 Å². The van der Waals surface area contributed by atoms with E-state index in [0.717, 1.165) is 6.07 Å². The first-order valence-electron chi connectivity index (χ1n) is 7.79. The van der Waals surface area contributed by atoms with Crippen molar-refractivity contribution in [2.24, 2.45) is 0 Å². The highest BCUT2D eigenvalue weighted by Gasteiger charge is 2.08. The molecule has 0 spiro atoms. The van der Waals surface area contributed by atoms with E-state index in [1.54, 1.807) is 13.0 Å². The third-order valence-electron chi connectivity index (χ3n) is 3.05. The van der Waals surface area contributed by atoms with Crippen molar-refractivity contribution in [1.29, 1.82) is 0 Å². The number of benzene rings is 1. The first kappa shape index (κ1) is 19.8. The van der Waals surface area contributed by atoms with Crippen molar-refractivity contribution < 1.29 is 19.0 Å². The van der Waals surface area contributed by atoms with Crippen LogP contribution >= 0.6 is 11.6 Å². The number of rotatable bonds is 8. The van der Waals surface area contributed by atoms with Gasteiger partial charge in [0.1, 0.15) is 11.6 Å². The number of anilines is 3. The zero-order valence-corrected chi connectivity index (χ0v) is 14.8. The van der Waals surface area contributed by atoms with Gasteiger partial charge in [-0.05, 0) is 25.1 Å². The number of aryl methyl sites for hydroxylation is 1. The Morgan fingerprint density at radius 2 is 2.08 bits per heavy atom. The standard InChI is InChI=1S/C16H19ClFN5O3/c1-10-8-14(19-4-6-26-7-5-24)22-15(20-10)23-16(25)21-11-2-3-13(18)12(17)9-11/h2-3,8-9,24H,4-7H2,1H3,(H3,19,20,21,22,23,25). The van der Waals surface area contributed by atoms with Gasteiger partial charge in [-0.25, -0.2) is 14.2 Å². The number of hydrogen-bond donors (Lipinski definition) is 4. The predicted molar refractivity (Wildman–Crippen MR) is 97.2 cm³/mol. The fourth-order valence-electron chi connectivity index (χ4n) is 1.97. The highest BCUT2D eigenvalue weighted by atomic mass is 35.5. The van der Waals surface area contributed by atoms with Crippen LogP contribution in [0.5, 0.6) is 0 Å². The summed E-state index contributed by atoms with van der Waals surface area (Å²) in [6, 6.07) is 4.97. The fourth-order valence-corrected chi connectivity index (χ4v) is 2.15. The average molecular weight is 384 g/mol. The number of halogens is 2. The Balaban J connectivity index is 1.93. The summed E-state index contributed by atoms with van der Waals surface area (Å²) in [5.41, 5.74) is 0.986. The van der Waals surface area contributed by atoms with E-state index in [1.165, 1.54) is 12.1 Å². The van der Waals surface area contributed by atoms with E-state index in [2.05, 4.69) is 25.9 Å². The predicted octanol–water partition coefficient (Wildman–Crippen LogP) is 2.64. The van der Waals surface area contributed by atoms with Gasteiger partial charge < -0.3 is 20.5 Å². The van der Waals surface area contributed by atoms with Crippen LogP contribution in [-0.4, -0.2) is 47.5 Å². The van der Waals surface area contributed by atoms with Crippen LogP contribution in [0.25, 0.3) is 0 Å². The van der Waals surface area contributed by atoms with Crippen molar-refractivity contribution in [2.75, 3.05) is 42.3 Å². The van der Waals surface area contributed by atoms with E-state index in [1.807, 2.05) is 0 Å². The van der Waals surface area contributed by atoms with Crippen LogP contribution in [0.4, 0.5) is 26.6 Å². The number of aromatic nitrogens is 2. The molecule has 0 aliphatic heterocycles. The van der Waals surface area contributed by atoms with Crippen LogP contribution in [0.2, 0.25) is 5.02 Å². The minimum Gasteiger partial charge on any atom is -0.394 e. The van der Waals surface area contributed by atoms with Crippen LogP contribution in [0.3, 0.4) is 0 Å². The van der Waals surface area contributed by atoms with Crippen LogP contribution in [0, 0.1) is 12.7 Å². The number of carbonyl (C=O) groups excluding carboxylic acids is 1. The zero-order chi connectivity index (χ0) is 18.9. The van der Waals surface area contributed by atoms with E-state index in [4.69, 9.17) is 21.4 Å². The van der Waals surface area contributed by atoms with E-state index in [-0.39, 0.29) is 24.2 Å². The molecule has 0 aliphatic rings. The molecule has 2 amide bonds. The smallest absolute Gasteiger partial charge is 0.326 e. The molecule has 0 bridgehead atoms. The Labute approximate surface area is 154 Å². The van der Waals surface area contributed by atoms with Crippen LogP contribution in [0.15, 0.2) is 24.3 Å². The van der Waals surface area contributed by atoms with Gasteiger partial charge in [-0.3, -0.25) is 5.32 Å². The molecular weight excluding hydrogens is 365 g/mol. The SMILES string of the molecule is Cc1cc(NCCOCCO)nc(NC(=O)Nc2ccc(F)c(Cl)c2)n1. The molecule has 8 nitrogen and oxygen atoms in total. The first-order valence-corrected chi connectivity index (χ1v) is 8.17. The third-order valence-corrected chi connectivity index (χ3v) is 3.33. The molecule has 2 rings (SSSR count). The minimum absolute atomic E-state index is 0.0327. The second-order valence-electron chi connectivity index (χ2n) is 5.19. The minimum atomic E-state index is -0.587. The highest BCUT2D eigenvalue weighted by Crippen LogP contribution is 2.19. The highest BCUT2D eigenvalue weighted by molar-refractivity contribution is 6.31. The van der Waals surface area contributed by atoms with Crippen LogP contribution < -0.4 is 16.0 Å². The summed E-state index contributed by atoms with van der Waals surface area (Å²) in [6.45, 7) is 2.88. The lowest BCUT2D eigenvalue weighted by atomic mass is 10.3. The Bertz CT molecular complexity index is 763. The van der Waals surface area contributed by atoms with Crippen molar-refractivity contribution in [2.45, 2.75) is 6.92 Å². The van der Waals surface area contributed by atoms with Gasteiger partial charge in [-0.2, -0.15) is 4.98 Å². The van der Waals surface area contributed by atoms with Crippen molar-refractivity contribution in [3.05, 3.63) is 40.8 Å². The lowest BCUT2D eigenvalue weighted by Gasteiger charge is -2.10. The summed E-state index contributed by atoms with van der Waals surface area (Å²) in [4.78, 5) is 20.3. The molecule has 26 heavy (non-hydrogen) atoms. The van der Waals surface area contributed by atoms with Crippen molar-refractivity contribution in [3.63, 3.8) is 0 Å². The van der Waals surface area contributed by atoms with Gasteiger partial charge in [-0.15, -0.1) is 0 Å². The number of amides is 2. The molecule has 0 unspecified atom stereocenters. The number of ether oxygens (including phenoxy) is 1. The normalized spacial score (nSPS) is 10.5. The van der Waals surface area contributed by atoms with Gasteiger partial charge in [0.25, 0.3) is 0 Å². The van der Waals surface area contributed by atoms with Crippen molar-refractivity contribution >= 4 is 35.1 Å². The fraction of sp³-hybridized carbons (Fsp3) is 0.312. The lowest BCUT2D eigenvalue weighted by molar-refractivity contribution is 0.0992. The molecule has 10 heteroatoms. The number of nitrogens with zero attached hydrogens (tertiary/aromatic N) is 2. The largest absolute Gasteiger partial charge is 0.394 e. The second kappa shape index (κ2) is 9.85. The Morgan fingerprint density at radius 1 is 1.27 bits per heavy atom. The maximum atomic E-state index is 13.1. The average Bonchev–Trinajstić information content (AvgIpc) is 2.57. The van der Waals surface area contributed by atoms with E-state index in [9.17, 15) is 9.18 Å². The summed E-state index contributed by atoms with van der Waals surface area (Å²) in [7, 11) is 0. The van der Waals surface area contributed by atoms with Crippen molar-refractivity contribution in [3.8, 4) is 0 Å². The summed E-state index contributed by atoms with van der Waals surface area (Å²) in [5.74, 6) is 0.0537.